The molecule has 0 aliphatic rings. The third kappa shape index (κ3) is 5.43. The highest BCUT2D eigenvalue weighted by Crippen LogP contribution is 2.00. The Hall–Kier alpha value is -0.660. The number of hydrogen-bond donors (Lipinski definition) is 2. The Morgan fingerprint density at radius 3 is 2.44 bits per heavy atom. The molecule has 0 fully saturated rings. The number of ether oxygens (including phenoxy) is 1. The maximum Gasteiger partial charge on any atom is 0.238 e. The second-order valence-corrected chi connectivity index (χ2v) is 6.01. The van der Waals surface area contributed by atoms with Gasteiger partial charge in [0.25, 0.3) is 0 Å². The maximum atomic E-state index is 11.5. The Labute approximate surface area is 95.9 Å². The summed E-state index contributed by atoms with van der Waals surface area (Å²) in [6, 6.07) is -0.369. The topological polar surface area (TPSA) is 92.7 Å². The third-order valence-electron chi connectivity index (χ3n) is 2.20. The van der Waals surface area contributed by atoms with Gasteiger partial charge in [0.2, 0.25) is 5.91 Å². The summed E-state index contributed by atoms with van der Waals surface area (Å²) in [5.41, 5.74) is 0. The molecule has 0 aliphatic carbocycles. The number of aliphatic hydroxyl groups is 1. The zero-order chi connectivity index (χ0) is 12.8. The Balaban J connectivity index is 4.39. The van der Waals surface area contributed by atoms with Gasteiger partial charge in [0.1, 0.15) is 5.25 Å². The van der Waals surface area contributed by atoms with Gasteiger partial charge in [-0.15, -0.1) is 0 Å². The summed E-state index contributed by atoms with van der Waals surface area (Å²) in [6.45, 7) is 1.47. The lowest BCUT2D eigenvalue weighted by molar-refractivity contribution is -0.121. The number of aliphatic hydroxyl groups excluding tert-OH is 1. The quantitative estimate of drug-likeness (QED) is 0.603. The summed E-state index contributed by atoms with van der Waals surface area (Å²) in [4.78, 5) is 11.5. The smallest absolute Gasteiger partial charge is 0.238 e. The van der Waals surface area contributed by atoms with Crippen LogP contribution in [0.1, 0.15) is 13.3 Å². The molecular formula is C9H19NO5S. The van der Waals surface area contributed by atoms with E-state index in [2.05, 4.69) is 5.32 Å². The average molecular weight is 253 g/mol. The zero-order valence-electron chi connectivity index (χ0n) is 9.76. The van der Waals surface area contributed by atoms with Crippen molar-refractivity contribution in [2.75, 3.05) is 26.6 Å². The number of carbonyl (C=O) groups is 1. The van der Waals surface area contributed by atoms with Crippen molar-refractivity contribution in [2.24, 2.45) is 0 Å². The minimum absolute atomic E-state index is 0.0957. The number of nitrogens with one attached hydrogen (secondary N) is 1. The van der Waals surface area contributed by atoms with Crippen LogP contribution >= 0.6 is 0 Å². The van der Waals surface area contributed by atoms with Crippen LogP contribution in [0.3, 0.4) is 0 Å². The molecule has 0 aliphatic heterocycles. The summed E-state index contributed by atoms with van der Waals surface area (Å²) >= 11 is 0. The average Bonchev–Trinajstić information content (AvgIpc) is 2.15. The highest BCUT2D eigenvalue weighted by molar-refractivity contribution is 7.92. The summed E-state index contributed by atoms with van der Waals surface area (Å²) in [5.74, 6) is -0.571. The Morgan fingerprint density at radius 2 is 2.06 bits per heavy atom. The van der Waals surface area contributed by atoms with Gasteiger partial charge in [-0.25, -0.2) is 8.42 Å². The van der Waals surface area contributed by atoms with Crippen molar-refractivity contribution in [3.8, 4) is 0 Å². The predicted molar refractivity (Wildman–Crippen MR) is 59.8 cm³/mol. The first kappa shape index (κ1) is 15.3. The first-order valence-electron chi connectivity index (χ1n) is 4.92. The van der Waals surface area contributed by atoms with Gasteiger partial charge in [0.15, 0.2) is 9.84 Å². The first-order chi connectivity index (χ1) is 7.32. The molecule has 2 N–H and O–H groups in total. The molecule has 0 saturated heterocycles. The third-order valence-corrected chi connectivity index (χ3v) is 3.70. The molecule has 0 aromatic rings. The molecule has 0 radical (unpaired) electrons. The molecule has 0 bridgehead atoms. The van der Waals surface area contributed by atoms with Gasteiger partial charge in [-0.3, -0.25) is 4.79 Å². The van der Waals surface area contributed by atoms with E-state index in [4.69, 9.17) is 9.84 Å². The SMILES string of the molecule is COCC(CCO)NC(=O)C(C)S(C)(=O)=O. The minimum atomic E-state index is -3.39. The first-order valence-corrected chi connectivity index (χ1v) is 6.87. The molecule has 7 heteroatoms. The van der Waals surface area contributed by atoms with E-state index in [1.54, 1.807) is 0 Å². The second kappa shape index (κ2) is 6.82. The Bertz CT molecular complexity index is 308. The Kier molecular flexibility index (Phi) is 6.54. The maximum absolute atomic E-state index is 11.5. The van der Waals surface area contributed by atoms with E-state index >= 15 is 0 Å². The standard InChI is InChI=1S/C9H19NO5S/c1-7(16(3,13)14)9(12)10-8(4-5-11)6-15-2/h7-8,11H,4-6H2,1-3H3,(H,10,12). The number of hydrogen-bond acceptors (Lipinski definition) is 5. The Morgan fingerprint density at radius 1 is 1.50 bits per heavy atom. The van der Waals surface area contributed by atoms with E-state index in [-0.39, 0.29) is 19.3 Å². The number of amides is 1. The minimum Gasteiger partial charge on any atom is -0.396 e. The number of methoxy groups -OCH3 is 1. The highest BCUT2D eigenvalue weighted by Gasteiger charge is 2.25. The molecule has 0 aromatic carbocycles. The van der Waals surface area contributed by atoms with Crippen LogP contribution in [0.4, 0.5) is 0 Å². The molecular weight excluding hydrogens is 234 g/mol. The normalized spacial score (nSPS) is 15.5. The number of rotatable bonds is 7. The second-order valence-electron chi connectivity index (χ2n) is 3.64. The van der Waals surface area contributed by atoms with Gasteiger partial charge in [0, 0.05) is 20.0 Å². The zero-order valence-corrected chi connectivity index (χ0v) is 10.6. The fraction of sp³-hybridized carbons (Fsp3) is 0.889. The fourth-order valence-corrected chi connectivity index (χ4v) is 1.52. The van der Waals surface area contributed by atoms with Gasteiger partial charge >= 0.3 is 0 Å². The number of carbonyl (C=O) groups excluding carboxylic acids is 1. The van der Waals surface area contributed by atoms with E-state index in [0.717, 1.165) is 6.26 Å². The van der Waals surface area contributed by atoms with E-state index in [9.17, 15) is 13.2 Å². The molecule has 0 heterocycles. The lowest BCUT2D eigenvalue weighted by Gasteiger charge is -2.18. The fourth-order valence-electron chi connectivity index (χ4n) is 1.07. The van der Waals surface area contributed by atoms with E-state index < -0.39 is 21.0 Å². The molecule has 0 aromatic heterocycles. The van der Waals surface area contributed by atoms with E-state index in [1.807, 2.05) is 0 Å². The molecule has 0 rings (SSSR count). The largest absolute Gasteiger partial charge is 0.396 e. The van der Waals surface area contributed by atoms with Crippen LogP contribution in [-0.2, 0) is 19.4 Å². The molecule has 2 atom stereocenters. The summed E-state index contributed by atoms with van der Waals surface area (Å²) < 4.78 is 27.1. The summed E-state index contributed by atoms with van der Waals surface area (Å²) in [5, 5.41) is 10.2. The van der Waals surface area contributed by atoms with Gasteiger partial charge in [-0.1, -0.05) is 0 Å². The van der Waals surface area contributed by atoms with Crippen LogP contribution in [0.25, 0.3) is 0 Å². The van der Waals surface area contributed by atoms with E-state index in [1.165, 1.54) is 14.0 Å². The molecule has 6 nitrogen and oxygen atoms in total. The van der Waals surface area contributed by atoms with Crippen LogP contribution in [0.5, 0.6) is 0 Å². The van der Waals surface area contributed by atoms with E-state index in [0.29, 0.717) is 6.42 Å². The van der Waals surface area contributed by atoms with Crippen molar-refractivity contribution in [3.63, 3.8) is 0 Å². The van der Waals surface area contributed by atoms with Crippen molar-refractivity contribution in [2.45, 2.75) is 24.6 Å². The molecule has 96 valence electrons. The van der Waals surface area contributed by atoms with Gasteiger partial charge in [-0.2, -0.15) is 0 Å². The van der Waals surface area contributed by atoms with Gasteiger partial charge in [0.05, 0.1) is 12.6 Å². The van der Waals surface area contributed by atoms with Crippen LogP contribution in [0.2, 0.25) is 0 Å². The van der Waals surface area contributed by atoms with Crippen molar-refractivity contribution in [1.82, 2.24) is 5.32 Å². The van der Waals surface area contributed by atoms with Crippen LogP contribution in [0, 0.1) is 0 Å². The highest BCUT2D eigenvalue weighted by atomic mass is 32.2. The van der Waals surface area contributed by atoms with Crippen molar-refractivity contribution in [3.05, 3.63) is 0 Å². The van der Waals surface area contributed by atoms with Crippen molar-refractivity contribution in [1.29, 1.82) is 0 Å². The summed E-state index contributed by atoms with van der Waals surface area (Å²) in [7, 11) is -1.92. The van der Waals surface area contributed by atoms with Crippen molar-refractivity contribution < 1.29 is 23.1 Å². The van der Waals surface area contributed by atoms with Crippen LogP contribution in [0.15, 0.2) is 0 Å². The lowest BCUT2D eigenvalue weighted by atomic mass is 10.2. The summed E-state index contributed by atoms with van der Waals surface area (Å²) in [6.07, 6.45) is 1.34. The van der Waals surface area contributed by atoms with Crippen LogP contribution in [-0.4, -0.2) is 57.3 Å². The molecule has 2 unspecified atom stereocenters. The van der Waals surface area contributed by atoms with Gasteiger partial charge in [-0.05, 0) is 13.3 Å². The predicted octanol–water partition coefficient (Wildman–Crippen LogP) is -1.07. The lowest BCUT2D eigenvalue weighted by Crippen LogP contribution is -2.45. The number of sulfone groups is 1. The van der Waals surface area contributed by atoms with Crippen molar-refractivity contribution >= 4 is 15.7 Å². The molecule has 0 spiro atoms. The van der Waals surface area contributed by atoms with Crippen LogP contribution < -0.4 is 5.32 Å². The molecule has 0 saturated carbocycles. The monoisotopic (exact) mass is 253 g/mol. The molecule has 16 heavy (non-hydrogen) atoms. The van der Waals surface area contributed by atoms with Gasteiger partial charge < -0.3 is 15.2 Å². The molecule has 1 amide bonds.